The first-order chi connectivity index (χ1) is 16.3. The standard InChI is InChI=1S/C22H20F3N7O2/c23-22(24,25)34-16-10-28-21(29-11-16)31-14-4-3-13(8-14)30-19-6-5-15(9-27-19)32-12-18-17(20(32)33)2-1-7-26-18/h1-2,5-7,9-11,13-14H,3-4,8,12H2,(H,27,30)(H,28,29,31). The van der Waals surface area contributed by atoms with Gasteiger partial charge in [-0.05, 0) is 43.5 Å². The van der Waals surface area contributed by atoms with Crippen LogP contribution in [0.25, 0.3) is 0 Å². The molecule has 1 amide bonds. The number of hydrogen-bond acceptors (Lipinski definition) is 8. The van der Waals surface area contributed by atoms with Gasteiger partial charge in [0, 0.05) is 18.3 Å². The van der Waals surface area contributed by atoms with Crippen LogP contribution in [-0.2, 0) is 6.54 Å². The van der Waals surface area contributed by atoms with Gasteiger partial charge in [-0.25, -0.2) is 15.0 Å². The van der Waals surface area contributed by atoms with Gasteiger partial charge in [0.05, 0.1) is 42.1 Å². The van der Waals surface area contributed by atoms with Gasteiger partial charge in [0.1, 0.15) is 5.82 Å². The number of carbonyl (C=O) groups is 1. The molecule has 0 spiro atoms. The number of rotatable bonds is 6. The highest BCUT2D eigenvalue weighted by Crippen LogP contribution is 2.29. The fourth-order valence-electron chi connectivity index (χ4n) is 4.18. The number of halogens is 3. The van der Waals surface area contributed by atoms with Crippen molar-refractivity contribution in [2.24, 2.45) is 0 Å². The average Bonchev–Trinajstić information content (AvgIpc) is 3.39. The summed E-state index contributed by atoms with van der Waals surface area (Å²) < 4.78 is 40.5. The first-order valence-corrected chi connectivity index (χ1v) is 10.7. The van der Waals surface area contributed by atoms with E-state index in [0.717, 1.165) is 37.4 Å². The van der Waals surface area contributed by atoms with Crippen molar-refractivity contribution in [3.8, 4) is 5.75 Å². The number of fused-ring (bicyclic) bond motifs is 1. The number of anilines is 3. The molecule has 4 heterocycles. The Morgan fingerprint density at radius 1 is 0.971 bits per heavy atom. The molecule has 12 heteroatoms. The number of amides is 1. The Morgan fingerprint density at radius 3 is 2.41 bits per heavy atom. The maximum Gasteiger partial charge on any atom is 0.573 e. The van der Waals surface area contributed by atoms with Gasteiger partial charge in [0.25, 0.3) is 5.91 Å². The van der Waals surface area contributed by atoms with Crippen LogP contribution >= 0.6 is 0 Å². The first-order valence-electron chi connectivity index (χ1n) is 10.7. The van der Waals surface area contributed by atoms with Crippen LogP contribution < -0.4 is 20.3 Å². The number of nitrogens with zero attached hydrogens (tertiary/aromatic N) is 5. The second kappa shape index (κ2) is 8.76. The molecular formula is C22H20F3N7O2. The first kappa shape index (κ1) is 21.9. The SMILES string of the molecule is O=C1c2cccnc2CN1c1ccc(NC2CCC(Nc3ncc(OC(F)(F)F)cn3)C2)nc1. The third-order valence-corrected chi connectivity index (χ3v) is 5.71. The molecule has 1 aliphatic heterocycles. The van der Waals surface area contributed by atoms with Crippen molar-refractivity contribution in [3.63, 3.8) is 0 Å². The second-order valence-electron chi connectivity index (χ2n) is 8.08. The fraction of sp³-hybridized carbons (Fsp3) is 0.318. The Hall–Kier alpha value is -3.96. The van der Waals surface area contributed by atoms with Gasteiger partial charge in [-0.2, -0.15) is 0 Å². The minimum atomic E-state index is -4.78. The summed E-state index contributed by atoms with van der Waals surface area (Å²) in [5, 5.41) is 6.52. The normalized spacial score (nSPS) is 19.7. The van der Waals surface area contributed by atoms with E-state index in [2.05, 4.69) is 35.3 Å². The van der Waals surface area contributed by atoms with Gasteiger partial charge in [0.15, 0.2) is 5.75 Å². The van der Waals surface area contributed by atoms with Crippen LogP contribution in [-0.4, -0.2) is 44.3 Å². The molecule has 1 saturated carbocycles. The van der Waals surface area contributed by atoms with Crippen molar-refractivity contribution < 1.29 is 22.7 Å². The van der Waals surface area contributed by atoms with Crippen molar-refractivity contribution in [3.05, 3.63) is 60.3 Å². The van der Waals surface area contributed by atoms with Gasteiger partial charge in [-0.1, -0.05) is 0 Å². The maximum atomic E-state index is 12.6. The van der Waals surface area contributed by atoms with Crippen molar-refractivity contribution in [1.82, 2.24) is 19.9 Å². The molecule has 3 aromatic heterocycles. The molecule has 34 heavy (non-hydrogen) atoms. The van der Waals surface area contributed by atoms with E-state index in [1.54, 1.807) is 29.4 Å². The van der Waals surface area contributed by atoms with Crippen LogP contribution in [0.2, 0.25) is 0 Å². The molecule has 9 nitrogen and oxygen atoms in total. The summed E-state index contributed by atoms with van der Waals surface area (Å²) in [5.41, 5.74) is 2.07. The summed E-state index contributed by atoms with van der Waals surface area (Å²) >= 11 is 0. The van der Waals surface area contributed by atoms with Crippen LogP contribution in [0, 0.1) is 0 Å². The van der Waals surface area contributed by atoms with Gasteiger partial charge in [0.2, 0.25) is 5.95 Å². The maximum absolute atomic E-state index is 12.6. The third-order valence-electron chi connectivity index (χ3n) is 5.71. The molecule has 2 aliphatic rings. The molecule has 1 fully saturated rings. The number of carbonyl (C=O) groups excluding carboxylic acids is 1. The monoisotopic (exact) mass is 471 g/mol. The smallest absolute Gasteiger partial charge is 0.402 e. The van der Waals surface area contributed by atoms with E-state index in [9.17, 15) is 18.0 Å². The fourth-order valence-corrected chi connectivity index (χ4v) is 4.18. The van der Waals surface area contributed by atoms with E-state index in [-0.39, 0.29) is 23.9 Å². The molecule has 0 saturated heterocycles. The lowest BCUT2D eigenvalue weighted by Gasteiger charge is -2.17. The van der Waals surface area contributed by atoms with Crippen molar-refractivity contribution >= 4 is 23.4 Å². The number of ether oxygens (including phenoxy) is 1. The number of nitrogens with one attached hydrogen (secondary N) is 2. The topological polar surface area (TPSA) is 105 Å². The van der Waals surface area contributed by atoms with Crippen molar-refractivity contribution in [2.75, 3.05) is 15.5 Å². The van der Waals surface area contributed by atoms with E-state index in [0.29, 0.717) is 23.6 Å². The molecule has 176 valence electrons. The van der Waals surface area contributed by atoms with E-state index >= 15 is 0 Å². The molecule has 0 aromatic carbocycles. The predicted octanol–water partition coefficient (Wildman–Crippen LogP) is 3.77. The summed E-state index contributed by atoms with van der Waals surface area (Å²) in [6, 6.07) is 7.43. The molecule has 2 unspecified atom stereocenters. The number of aromatic nitrogens is 4. The van der Waals surface area contributed by atoms with Gasteiger partial charge in [-0.15, -0.1) is 13.2 Å². The summed E-state index contributed by atoms with van der Waals surface area (Å²) in [6.45, 7) is 0.421. The van der Waals surface area contributed by atoms with E-state index in [4.69, 9.17) is 0 Å². The molecule has 3 aromatic rings. The van der Waals surface area contributed by atoms with Crippen LogP contribution in [0.1, 0.15) is 35.3 Å². The Bertz CT molecular complexity index is 1170. The molecule has 5 rings (SSSR count). The number of hydrogen-bond donors (Lipinski definition) is 2. The molecule has 2 N–H and O–H groups in total. The Kier molecular flexibility index (Phi) is 5.64. The van der Waals surface area contributed by atoms with Gasteiger partial charge < -0.3 is 20.3 Å². The molecule has 0 radical (unpaired) electrons. The summed E-state index contributed by atoms with van der Waals surface area (Å²) in [4.78, 5) is 30.7. The summed E-state index contributed by atoms with van der Waals surface area (Å²) in [6.07, 6.45) is 3.01. The number of pyridine rings is 2. The van der Waals surface area contributed by atoms with E-state index in [1.165, 1.54) is 0 Å². The lowest BCUT2D eigenvalue weighted by Crippen LogP contribution is -2.24. The Labute approximate surface area is 192 Å². The molecule has 2 atom stereocenters. The van der Waals surface area contributed by atoms with Gasteiger partial charge in [-0.3, -0.25) is 9.78 Å². The van der Waals surface area contributed by atoms with Crippen LogP contribution in [0.5, 0.6) is 5.75 Å². The summed E-state index contributed by atoms with van der Waals surface area (Å²) in [7, 11) is 0. The zero-order chi connectivity index (χ0) is 23.7. The zero-order valence-electron chi connectivity index (χ0n) is 17.8. The highest BCUT2D eigenvalue weighted by Gasteiger charge is 2.32. The highest BCUT2D eigenvalue weighted by atomic mass is 19.4. The minimum absolute atomic E-state index is 0.0689. The lowest BCUT2D eigenvalue weighted by atomic mass is 10.2. The van der Waals surface area contributed by atoms with Gasteiger partial charge >= 0.3 is 6.36 Å². The number of alkyl halides is 3. The Morgan fingerprint density at radius 2 is 1.74 bits per heavy atom. The van der Waals surface area contributed by atoms with E-state index < -0.39 is 12.1 Å². The van der Waals surface area contributed by atoms with Crippen LogP contribution in [0.4, 0.5) is 30.6 Å². The highest BCUT2D eigenvalue weighted by molar-refractivity contribution is 6.09. The van der Waals surface area contributed by atoms with Crippen LogP contribution in [0.3, 0.4) is 0 Å². The third kappa shape index (κ3) is 4.85. The second-order valence-corrected chi connectivity index (χ2v) is 8.08. The minimum Gasteiger partial charge on any atom is -0.402 e. The molecule has 0 bridgehead atoms. The van der Waals surface area contributed by atoms with E-state index in [1.807, 2.05) is 12.1 Å². The molecular weight excluding hydrogens is 451 g/mol. The zero-order valence-corrected chi connectivity index (χ0v) is 17.8. The average molecular weight is 471 g/mol. The molecule has 1 aliphatic carbocycles. The summed E-state index contributed by atoms with van der Waals surface area (Å²) in [5.74, 6) is 0.389. The van der Waals surface area contributed by atoms with Crippen molar-refractivity contribution in [2.45, 2.75) is 44.3 Å². The van der Waals surface area contributed by atoms with Crippen molar-refractivity contribution in [1.29, 1.82) is 0 Å². The van der Waals surface area contributed by atoms with Crippen LogP contribution in [0.15, 0.2) is 49.1 Å². The predicted molar refractivity (Wildman–Crippen MR) is 116 cm³/mol. The lowest BCUT2D eigenvalue weighted by molar-refractivity contribution is -0.274. The Balaban J connectivity index is 1.13. The quantitative estimate of drug-likeness (QED) is 0.560. The largest absolute Gasteiger partial charge is 0.573 e.